The SMILES string of the molecule is COC(=N)CCCc1ccc(OC)c(Cl)c1. The molecule has 1 aromatic carbocycles. The van der Waals surface area contributed by atoms with Crippen LogP contribution in [-0.2, 0) is 11.2 Å². The van der Waals surface area contributed by atoms with Crippen molar-refractivity contribution in [1.29, 1.82) is 5.41 Å². The summed E-state index contributed by atoms with van der Waals surface area (Å²) in [5.74, 6) is 1.01. The highest BCUT2D eigenvalue weighted by molar-refractivity contribution is 6.32. The Balaban J connectivity index is 2.49. The molecule has 0 aromatic heterocycles. The Morgan fingerprint density at radius 1 is 1.38 bits per heavy atom. The van der Waals surface area contributed by atoms with Gasteiger partial charge in [0.25, 0.3) is 0 Å². The molecule has 0 bridgehead atoms. The van der Waals surface area contributed by atoms with E-state index in [1.807, 2.05) is 18.2 Å². The zero-order valence-corrected chi connectivity index (χ0v) is 10.3. The van der Waals surface area contributed by atoms with Crippen molar-refractivity contribution in [3.8, 4) is 5.75 Å². The maximum Gasteiger partial charge on any atom is 0.180 e. The predicted molar refractivity (Wildman–Crippen MR) is 65.7 cm³/mol. The fourth-order valence-corrected chi connectivity index (χ4v) is 1.70. The lowest BCUT2D eigenvalue weighted by molar-refractivity contribution is 0.384. The van der Waals surface area contributed by atoms with Crippen LogP contribution in [0, 0.1) is 5.41 Å². The fourth-order valence-electron chi connectivity index (χ4n) is 1.42. The molecule has 0 heterocycles. The molecule has 0 saturated carbocycles. The van der Waals surface area contributed by atoms with Crippen LogP contribution in [0.3, 0.4) is 0 Å². The normalized spacial score (nSPS) is 9.94. The second kappa shape index (κ2) is 6.38. The van der Waals surface area contributed by atoms with E-state index in [-0.39, 0.29) is 0 Å². The van der Waals surface area contributed by atoms with E-state index in [0.717, 1.165) is 18.4 Å². The van der Waals surface area contributed by atoms with E-state index in [0.29, 0.717) is 23.1 Å². The van der Waals surface area contributed by atoms with Crippen molar-refractivity contribution in [1.82, 2.24) is 0 Å². The first-order valence-corrected chi connectivity index (χ1v) is 5.49. The van der Waals surface area contributed by atoms with Crippen molar-refractivity contribution in [3.05, 3.63) is 28.8 Å². The van der Waals surface area contributed by atoms with E-state index in [4.69, 9.17) is 26.5 Å². The molecule has 16 heavy (non-hydrogen) atoms. The minimum Gasteiger partial charge on any atom is -0.495 e. The molecule has 0 amide bonds. The molecule has 0 aliphatic carbocycles. The van der Waals surface area contributed by atoms with Crippen LogP contribution in [0.1, 0.15) is 18.4 Å². The first-order valence-electron chi connectivity index (χ1n) is 5.11. The van der Waals surface area contributed by atoms with Crippen molar-refractivity contribution >= 4 is 17.5 Å². The number of rotatable bonds is 5. The minimum atomic E-state index is 0.319. The van der Waals surface area contributed by atoms with Crippen LogP contribution in [0.2, 0.25) is 5.02 Å². The maximum absolute atomic E-state index is 7.34. The molecule has 4 heteroatoms. The Morgan fingerprint density at radius 2 is 2.12 bits per heavy atom. The summed E-state index contributed by atoms with van der Waals surface area (Å²) in [6.07, 6.45) is 2.42. The van der Waals surface area contributed by atoms with Crippen molar-refractivity contribution in [2.45, 2.75) is 19.3 Å². The molecule has 1 N–H and O–H groups in total. The van der Waals surface area contributed by atoms with Gasteiger partial charge in [0.05, 0.1) is 19.2 Å². The number of ether oxygens (including phenoxy) is 2. The smallest absolute Gasteiger partial charge is 0.180 e. The van der Waals surface area contributed by atoms with Gasteiger partial charge in [0, 0.05) is 6.42 Å². The summed E-state index contributed by atoms with van der Waals surface area (Å²) in [4.78, 5) is 0. The quantitative estimate of drug-likeness (QED) is 0.635. The lowest BCUT2D eigenvalue weighted by Gasteiger charge is -2.06. The van der Waals surface area contributed by atoms with Gasteiger partial charge in [0.1, 0.15) is 5.75 Å². The summed E-state index contributed by atoms with van der Waals surface area (Å²) < 4.78 is 9.86. The molecule has 3 nitrogen and oxygen atoms in total. The van der Waals surface area contributed by atoms with Gasteiger partial charge in [-0.15, -0.1) is 0 Å². The largest absolute Gasteiger partial charge is 0.495 e. The Kier molecular flexibility index (Phi) is 5.12. The van der Waals surface area contributed by atoms with Gasteiger partial charge in [-0.3, -0.25) is 5.41 Å². The zero-order valence-electron chi connectivity index (χ0n) is 9.55. The molecule has 0 spiro atoms. The first kappa shape index (κ1) is 12.8. The van der Waals surface area contributed by atoms with Gasteiger partial charge >= 0.3 is 0 Å². The first-order chi connectivity index (χ1) is 7.67. The average Bonchev–Trinajstić information content (AvgIpc) is 2.29. The molecule has 0 aliphatic heterocycles. The molecule has 0 aliphatic rings. The van der Waals surface area contributed by atoms with Crippen LogP contribution in [0.4, 0.5) is 0 Å². The van der Waals surface area contributed by atoms with Gasteiger partial charge in [-0.1, -0.05) is 17.7 Å². The highest BCUT2D eigenvalue weighted by atomic mass is 35.5. The summed E-state index contributed by atoms with van der Waals surface area (Å²) >= 11 is 6.01. The molecule has 88 valence electrons. The van der Waals surface area contributed by atoms with Gasteiger partial charge in [-0.05, 0) is 30.5 Å². The third-order valence-electron chi connectivity index (χ3n) is 2.33. The molecule has 0 radical (unpaired) electrons. The van der Waals surface area contributed by atoms with Crippen LogP contribution in [0.15, 0.2) is 18.2 Å². The van der Waals surface area contributed by atoms with Gasteiger partial charge in [-0.25, -0.2) is 0 Å². The Morgan fingerprint density at radius 3 is 2.69 bits per heavy atom. The lowest BCUT2D eigenvalue weighted by Crippen LogP contribution is -1.99. The van der Waals surface area contributed by atoms with E-state index < -0.39 is 0 Å². The van der Waals surface area contributed by atoms with E-state index in [9.17, 15) is 0 Å². The maximum atomic E-state index is 7.34. The lowest BCUT2D eigenvalue weighted by atomic mass is 10.1. The van der Waals surface area contributed by atoms with Crippen LogP contribution >= 0.6 is 11.6 Å². The molecule has 1 aromatic rings. The standard InChI is InChI=1S/C12H16ClNO2/c1-15-11-7-6-9(8-10(11)13)4-3-5-12(14)16-2/h6-8,14H,3-5H2,1-2H3. The number of hydrogen-bond donors (Lipinski definition) is 1. The molecular weight excluding hydrogens is 226 g/mol. The highest BCUT2D eigenvalue weighted by Crippen LogP contribution is 2.25. The molecule has 0 fully saturated rings. The molecule has 1 rings (SSSR count). The van der Waals surface area contributed by atoms with Gasteiger partial charge < -0.3 is 9.47 Å². The monoisotopic (exact) mass is 241 g/mol. The molecular formula is C12H16ClNO2. The summed E-state index contributed by atoms with van der Waals surface area (Å²) in [6, 6.07) is 5.75. The van der Waals surface area contributed by atoms with Crippen molar-refractivity contribution in [2.24, 2.45) is 0 Å². The summed E-state index contributed by atoms with van der Waals surface area (Å²) in [5, 5.41) is 7.97. The van der Waals surface area contributed by atoms with Gasteiger partial charge in [-0.2, -0.15) is 0 Å². The molecule has 0 saturated heterocycles. The zero-order chi connectivity index (χ0) is 12.0. The van der Waals surface area contributed by atoms with Crippen molar-refractivity contribution in [2.75, 3.05) is 14.2 Å². The summed E-state index contributed by atoms with van der Waals surface area (Å²) in [5.41, 5.74) is 1.15. The second-order valence-corrected chi connectivity index (χ2v) is 3.86. The molecule has 0 unspecified atom stereocenters. The number of benzene rings is 1. The predicted octanol–water partition coefficient (Wildman–Crippen LogP) is 3.29. The number of halogens is 1. The van der Waals surface area contributed by atoms with Crippen LogP contribution in [0.25, 0.3) is 0 Å². The third-order valence-corrected chi connectivity index (χ3v) is 2.63. The summed E-state index contributed by atoms with van der Waals surface area (Å²) in [6.45, 7) is 0. The van der Waals surface area contributed by atoms with Crippen molar-refractivity contribution < 1.29 is 9.47 Å². The van der Waals surface area contributed by atoms with E-state index in [1.54, 1.807) is 7.11 Å². The number of aryl methyl sites for hydroxylation is 1. The third kappa shape index (κ3) is 3.74. The number of hydrogen-bond acceptors (Lipinski definition) is 3. The number of nitrogens with one attached hydrogen (secondary N) is 1. The van der Waals surface area contributed by atoms with Crippen LogP contribution in [0.5, 0.6) is 5.75 Å². The van der Waals surface area contributed by atoms with E-state index in [1.165, 1.54) is 7.11 Å². The number of methoxy groups -OCH3 is 2. The van der Waals surface area contributed by atoms with Crippen molar-refractivity contribution in [3.63, 3.8) is 0 Å². The highest BCUT2D eigenvalue weighted by Gasteiger charge is 2.02. The fraction of sp³-hybridized carbons (Fsp3) is 0.417. The Hall–Kier alpha value is -1.22. The molecule has 0 atom stereocenters. The second-order valence-electron chi connectivity index (χ2n) is 3.45. The summed E-state index contributed by atoms with van der Waals surface area (Å²) in [7, 11) is 3.12. The van der Waals surface area contributed by atoms with Gasteiger partial charge in [0.15, 0.2) is 5.90 Å². The average molecular weight is 242 g/mol. The van der Waals surface area contributed by atoms with E-state index >= 15 is 0 Å². The minimum absolute atomic E-state index is 0.319. The Bertz CT molecular complexity index is 366. The Labute approximate surface area is 101 Å². The topological polar surface area (TPSA) is 42.3 Å². The van der Waals surface area contributed by atoms with Crippen LogP contribution < -0.4 is 4.74 Å². The van der Waals surface area contributed by atoms with E-state index in [2.05, 4.69) is 0 Å². The van der Waals surface area contributed by atoms with Gasteiger partial charge in [0.2, 0.25) is 0 Å². The van der Waals surface area contributed by atoms with Crippen LogP contribution in [-0.4, -0.2) is 20.1 Å².